The molecule has 0 atom stereocenters. The Labute approximate surface area is 421 Å². The number of hydrogen-bond donors (Lipinski definition) is 0. The van der Waals surface area contributed by atoms with Gasteiger partial charge in [0.2, 0.25) is 0 Å². The first kappa shape index (κ1) is 44.4. The van der Waals surface area contributed by atoms with Crippen LogP contribution in [0.25, 0.3) is 65.7 Å². The van der Waals surface area contributed by atoms with Crippen molar-refractivity contribution in [2.45, 2.75) is 43.9 Å². The summed E-state index contributed by atoms with van der Waals surface area (Å²) < 4.78 is -0.123. The van der Waals surface area contributed by atoms with Crippen molar-refractivity contribution in [1.29, 1.82) is 0 Å². The van der Waals surface area contributed by atoms with Crippen LogP contribution in [-0.2, 0) is 4.66 Å². The van der Waals surface area contributed by atoms with E-state index in [1.807, 2.05) is 0 Å². The zero-order valence-corrected chi connectivity index (χ0v) is 43.5. The molecule has 0 N–H and O–H groups in total. The lowest BCUT2D eigenvalue weighted by Crippen LogP contribution is -2.63. The van der Waals surface area contributed by atoms with Gasteiger partial charge in [-0.25, -0.2) is 0 Å². The van der Waals surface area contributed by atoms with E-state index in [0.29, 0.717) is 0 Å². The molecule has 0 spiro atoms. The summed E-state index contributed by atoms with van der Waals surface area (Å²) >= 11 is 0. The van der Waals surface area contributed by atoms with E-state index in [1.54, 1.807) is 11.1 Å². The van der Waals surface area contributed by atoms with Crippen molar-refractivity contribution in [2.75, 3.05) is 9.80 Å². The molecule has 12 rings (SSSR count). The molecule has 344 valence electrons. The van der Waals surface area contributed by atoms with Crippen LogP contribution in [0.2, 0.25) is 39.3 Å². The van der Waals surface area contributed by atoms with Crippen molar-refractivity contribution in [2.24, 2.45) is 0 Å². The highest BCUT2D eigenvalue weighted by Crippen LogP contribution is 2.63. The second kappa shape index (κ2) is 17.3. The van der Waals surface area contributed by atoms with E-state index in [1.165, 1.54) is 65.7 Å². The molecule has 0 saturated heterocycles. The van der Waals surface area contributed by atoms with Gasteiger partial charge >= 0.3 is 0 Å². The predicted molar refractivity (Wildman–Crippen MR) is 312 cm³/mol. The molecular weight excluding hydrogens is 889 g/mol. The molecule has 0 amide bonds. The summed E-state index contributed by atoms with van der Waals surface area (Å²) in [5.41, 5.74) is 17.6. The minimum absolute atomic E-state index is 0.123. The molecule has 1 aliphatic rings. The maximum Gasteiger partial charge on any atom is 0.0579 e. The molecule has 11 aromatic carbocycles. The van der Waals surface area contributed by atoms with Gasteiger partial charge in [-0.1, -0.05) is 209 Å². The normalized spacial score (nSPS) is 13.0. The number of nitrogens with zero attached hydrogens (tertiary/aromatic N) is 2. The first-order valence-electron chi connectivity index (χ1n) is 25.1. The molecule has 71 heavy (non-hydrogen) atoms. The molecule has 0 aromatic heterocycles. The van der Waals surface area contributed by atoms with Crippen molar-refractivity contribution in [1.82, 2.24) is 0 Å². The van der Waals surface area contributed by atoms with Crippen LogP contribution in [0.3, 0.4) is 0 Å². The molecule has 4 heteroatoms. The molecule has 0 unspecified atom stereocenters. The first-order chi connectivity index (χ1) is 34.5. The van der Waals surface area contributed by atoms with Gasteiger partial charge in [0.1, 0.15) is 0 Å². The van der Waals surface area contributed by atoms with Crippen LogP contribution in [0.4, 0.5) is 34.1 Å². The highest BCUT2D eigenvalue weighted by atomic mass is 28.4. The van der Waals surface area contributed by atoms with Crippen LogP contribution in [0.1, 0.15) is 11.1 Å². The third-order valence-corrected chi connectivity index (χ3v) is 25.2. The van der Waals surface area contributed by atoms with Gasteiger partial charge in [0.25, 0.3) is 0 Å². The van der Waals surface area contributed by atoms with E-state index in [-0.39, 0.29) is 4.66 Å². The van der Waals surface area contributed by atoms with Crippen LogP contribution < -0.4 is 9.80 Å². The number of hydrogen-bond acceptors (Lipinski definition) is 2. The van der Waals surface area contributed by atoms with Crippen molar-refractivity contribution in [3.63, 3.8) is 0 Å². The van der Waals surface area contributed by atoms with E-state index >= 15 is 0 Å². The zero-order valence-electron chi connectivity index (χ0n) is 41.5. The Kier molecular flexibility index (Phi) is 10.8. The van der Waals surface area contributed by atoms with Crippen LogP contribution >= 0.6 is 0 Å². The van der Waals surface area contributed by atoms with Crippen LogP contribution in [0.5, 0.6) is 0 Å². The Hall–Kier alpha value is -7.77. The summed E-state index contributed by atoms with van der Waals surface area (Å²) in [6.45, 7) is 15.9. The van der Waals surface area contributed by atoms with Crippen molar-refractivity contribution < 1.29 is 0 Å². The topological polar surface area (TPSA) is 6.48 Å². The van der Waals surface area contributed by atoms with Gasteiger partial charge < -0.3 is 9.80 Å². The summed E-state index contributed by atoms with van der Waals surface area (Å²) in [5, 5.41) is 7.99. The quantitative estimate of drug-likeness (QED) is 0.0996. The monoisotopic (exact) mass is 946 g/mol. The summed E-state index contributed by atoms with van der Waals surface area (Å²) in [6.07, 6.45) is 0. The third kappa shape index (κ3) is 7.27. The summed E-state index contributed by atoms with van der Waals surface area (Å²) in [7, 11) is -4.30. The first-order valence-corrected chi connectivity index (χ1v) is 32.1. The van der Waals surface area contributed by atoms with Crippen LogP contribution in [0.15, 0.2) is 243 Å². The lowest BCUT2D eigenvalue weighted by Gasteiger charge is -2.52. The van der Waals surface area contributed by atoms with Crippen LogP contribution in [-0.4, -0.2) is 16.1 Å². The number of fused-ring (bicyclic) bond motifs is 10. The fraction of sp³-hybridized carbons (Fsp3) is 0.104. The molecule has 1 aliphatic carbocycles. The lowest BCUT2D eigenvalue weighted by atomic mass is 9.91. The minimum atomic E-state index is -2.15. The summed E-state index contributed by atoms with van der Waals surface area (Å²) in [4.78, 5) is 4.86. The highest BCUT2D eigenvalue weighted by molar-refractivity contribution is 7.00. The number of benzene rings is 11. The van der Waals surface area contributed by atoms with Gasteiger partial charge in [0.05, 0.1) is 16.1 Å². The molecule has 0 saturated carbocycles. The summed E-state index contributed by atoms with van der Waals surface area (Å²) in [5.74, 6) is 0. The second-order valence-electron chi connectivity index (χ2n) is 21.3. The fourth-order valence-electron chi connectivity index (χ4n) is 12.8. The van der Waals surface area contributed by atoms with Gasteiger partial charge in [-0.15, -0.1) is 0 Å². The molecule has 11 aromatic rings. The average Bonchev–Trinajstić information content (AvgIpc) is 3.75. The van der Waals surface area contributed by atoms with E-state index in [4.69, 9.17) is 0 Å². The van der Waals surface area contributed by atoms with E-state index in [9.17, 15) is 0 Å². The smallest absolute Gasteiger partial charge is 0.0579 e. The lowest BCUT2D eigenvalue weighted by molar-refractivity contribution is 0.973. The van der Waals surface area contributed by atoms with Crippen LogP contribution in [0, 0.1) is 0 Å². The summed E-state index contributed by atoms with van der Waals surface area (Å²) in [6, 6.07) is 90.0. The molecule has 0 radical (unpaired) electrons. The standard InChI is InChI=1S/C67H58N2Si2/c1-70(2,3)67(71(4,5)6)65-58-41-38-56(68(52-29-15-9-16-30-52)54-33-21-27-49(43-54)47-23-11-7-12-24-47)45-51(58)37-40-62(65)64-60-36-20-19-35-59(60)63-46-57(39-42-61(63)66(64)67)69(53-31-17-10-18-32-53)55-34-22-28-50(44-55)48-25-13-8-14-26-48/h7-46H,1-6H3. The number of para-hydroxylation sites is 2. The Morgan fingerprint density at radius 1 is 0.282 bits per heavy atom. The van der Waals surface area contributed by atoms with E-state index < -0.39 is 16.1 Å². The maximum atomic E-state index is 2.65. The van der Waals surface area contributed by atoms with Gasteiger partial charge in [-0.3, -0.25) is 0 Å². The average molecular weight is 947 g/mol. The number of anilines is 6. The van der Waals surface area contributed by atoms with E-state index in [2.05, 4.69) is 292 Å². The largest absolute Gasteiger partial charge is 0.310 e. The molecule has 0 bridgehead atoms. The molecular formula is C67H58N2Si2. The maximum absolute atomic E-state index is 2.65. The Morgan fingerprint density at radius 2 is 0.704 bits per heavy atom. The molecule has 0 heterocycles. The predicted octanol–water partition coefficient (Wildman–Crippen LogP) is 19.4. The van der Waals surface area contributed by atoms with Gasteiger partial charge in [0, 0.05) is 38.8 Å². The number of rotatable bonds is 10. The highest BCUT2D eigenvalue weighted by Gasteiger charge is 2.60. The Morgan fingerprint density at radius 3 is 1.23 bits per heavy atom. The van der Waals surface area contributed by atoms with Gasteiger partial charge in [-0.2, -0.15) is 0 Å². The fourth-order valence-corrected chi connectivity index (χ4v) is 25.8. The Bertz CT molecular complexity index is 3770. The molecule has 2 nitrogen and oxygen atoms in total. The second-order valence-corrected chi connectivity index (χ2v) is 32.3. The third-order valence-electron chi connectivity index (χ3n) is 15.2. The SMILES string of the molecule is C[Si](C)(C)C1([Si](C)(C)C)c2c(ccc3cc(N(c4ccccc4)c4cccc(-c5ccccc5)c4)ccc23)-c2c1c1ccc(N(c3ccccc3)c3cccc(-c4ccccc4)c3)cc1c1ccccc21. The molecule has 0 aliphatic heterocycles. The minimum Gasteiger partial charge on any atom is -0.310 e. The van der Waals surface area contributed by atoms with Crippen molar-refractivity contribution in [3.05, 3.63) is 254 Å². The Balaban J connectivity index is 1.09. The van der Waals surface area contributed by atoms with Gasteiger partial charge in [-0.05, 0) is 150 Å². The van der Waals surface area contributed by atoms with Gasteiger partial charge in [0.15, 0.2) is 0 Å². The van der Waals surface area contributed by atoms with Crippen molar-refractivity contribution in [3.8, 4) is 33.4 Å². The molecule has 0 fully saturated rings. The van der Waals surface area contributed by atoms with E-state index in [0.717, 1.165) is 34.1 Å². The van der Waals surface area contributed by atoms with Crippen molar-refractivity contribution >= 4 is 82.6 Å². The zero-order chi connectivity index (χ0) is 48.5.